The lowest BCUT2D eigenvalue weighted by atomic mass is 9.43. The molecule has 1 N–H and O–H groups in total. The Labute approximate surface area is 207 Å². The van der Waals surface area contributed by atoms with Crippen LogP contribution in [0.1, 0.15) is 74.4 Å². The number of methoxy groups -OCH3 is 1. The van der Waals surface area contributed by atoms with Crippen LogP contribution >= 0.6 is 0 Å². The predicted octanol–water partition coefficient (Wildman–Crippen LogP) is 4.66. The smallest absolute Gasteiger partial charge is 0.189 e. The van der Waals surface area contributed by atoms with Gasteiger partial charge in [-0.15, -0.1) is 0 Å². The fraction of sp³-hybridized carbons (Fsp3) is 0.893. The maximum Gasteiger partial charge on any atom is 0.189 e. The molecule has 34 heavy (non-hydrogen) atoms. The Kier molecular flexibility index (Phi) is 5.16. The lowest BCUT2D eigenvalue weighted by molar-refractivity contribution is -0.238. The highest BCUT2D eigenvalue weighted by Crippen LogP contribution is 2.69. The molecule has 0 unspecified atom stereocenters. The monoisotopic (exact) mass is 474 g/mol. The van der Waals surface area contributed by atoms with Crippen LogP contribution in [0.15, 0.2) is 18.7 Å². The highest BCUT2D eigenvalue weighted by atomic mass is 16.7. The zero-order valence-corrected chi connectivity index (χ0v) is 21.2. The summed E-state index contributed by atoms with van der Waals surface area (Å²) in [5.41, 5.74) is -1.04. The second-order valence-corrected chi connectivity index (χ2v) is 12.6. The molecule has 5 aliphatic rings. The van der Waals surface area contributed by atoms with E-state index in [1.807, 2.05) is 18.7 Å². The molecule has 0 aromatic carbocycles. The summed E-state index contributed by atoms with van der Waals surface area (Å²) in [7, 11) is 1.37. The largest absolute Gasteiger partial charge is 0.387 e. The molecule has 0 radical (unpaired) electrons. The first kappa shape index (κ1) is 21.2. The van der Waals surface area contributed by atoms with Gasteiger partial charge in [0.25, 0.3) is 0 Å². The van der Waals surface area contributed by atoms with E-state index in [1.54, 1.807) is 0 Å². The van der Waals surface area contributed by atoms with Crippen LogP contribution in [0, 0.1) is 40.4 Å². The molecule has 8 atom stereocenters. The third kappa shape index (κ3) is 3.46. The molecular weight excluding hydrogens is 428 g/mol. The van der Waals surface area contributed by atoms with E-state index >= 15 is 0 Å². The average Bonchev–Trinajstić information content (AvgIpc) is 3.60. The topological polar surface area (TPSA) is 65.7 Å². The second-order valence-electron chi connectivity index (χ2n) is 12.6. The van der Waals surface area contributed by atoms with Gasteiger partial charge in [0.2, 0.25) is 0 Å². The van der Waals surface area contributed by atoms with Crippen molar-refractivity contribution in [3.05, 3.63) is 18.7 Å². The van der Waals surface area contributed by atoms with Gasteiger partial charge < -0.3 is 23.9 Å². The Bertz CT molecular complexity index is 953. The van der Waals surface area contributed by atoms with Crippen molar-refractivity contribution in [2.75, 3.05) is 26.9 Å². The number of hydrogen-bond donors (Lipinski definition) is 1. The van der Waals surface area contributed by atoms with Gasteiger partial charge in [0.05, 0.1) is 41.0 Å². The van der Waals surface area contributed by atoms with Crippen molar-refractivity contribution in [1.82, 2.24) is 9.55 Å². The van der Waals surface area contributed by atoms with Gasteiger partial charge in [0, 0.05) is 25.4 Å². The van der Waals surface area contributed by atoms with E-state index in [9.17, 15) is 5.11 Å². The van der Waals surface area contributed by atoms with Crippen molar-refractivity contribution >= 4 is 0 Å². The Morgan fingerprint density at radius 2 is 1.85 bits per heavy atom. The van der Waals surface area contributed by atoms with Crippen molar-refractivity contribution in [3.63, 3.8) is 0 Å². The fourth-order valence-electron chi connectivity index (χ4n) is 9.76. The fourth-order valence-corrected chi connectivity index (χ4v) is 9.76. The van der Waals surface area contributed by atoms with Gasteiger partial charge in [-0.3, -0.25) is 0 Å². The Morgan fingerprint density at radius 1 is 1.06 bits per heavy atom. The normalized spacial score (nSPS) is 49.0. The summed E-state index contributed by atoms with van der Waals surface area (Å²) in [5.74, 6) is 2.14. The molecule has 190 valence electrons. The first-order chi connectivity index (χ1) is 17.1. The van der Waals surface area contributed by atoms with E-state index in [0.29, 0.717) is 62.2 Å². The van der Waals surface area contributed by atoms with Gasteiger partial charge in [-0.25, -0.2) is 4.98 Å². The summed E-state index contributed by atoms with van der Waals surface area (Å²) in [6.45, 7) is 5.00. The Hall–Kier alpha value is -0.950. The molecule has 0 spiro atoms. The quantitative estimate of drug-likeness (QED) is 0.672. The van der Waals surface area contributed by atoms with Crippen LogP contribution in [0.2, 0.25) is 0 Å². The van der Waals surface area contributed by atoms with Crippen molar-refractivity contribution in [2.24, 2.45) is 40.4 Å². The van der Waals surface area contributed by atoms with Crippen LogP contribution in [0.3, 0.4) is 0 Å². The molecule has 1 aromatic heterocycles. The summed E-state index contributed by atoms with van der Waals surface area (Å²) >= 11 is 0. The molecule has 0 amide bonds. The number of ether oxygens (including phenoxy) is 3. The third-order valence-corrected chi connectivity index (χ3v) is 11.3. The standard InChI is InChI=1S/C28H44N2O4/c1-25-10-11-27(31,18-32-3)16-20(25)4-5-21-22-6-7-24(26(22,2)9-8-23(21)25)28(33-14-15-34-28)17-30-13-12-29-19-30/h12-13,19-24,31H,4-11,14-18H2,1-3H3/t20-,21-,22-,23-,24-,25-,26-,27+/m0/s1/i18D2. The molecule has 6 heteroatoms. The maximum atomic E-state index is 11.3. The predicted molar refractivity (Wildman–Crippen MR) is 129 cm³/mol. The number of aromatic nitrogens is 2. The zero-order valence-electron chi connectivity index (χ0n) is 23.2. The minimum atomic E-state index is -2.00. The highest BCUT2D eigenvalue weighted by Gasteiger charge is 2.65. The van der Waals surface area contributed by atoms with E-state index in [1.165, 1.54) is 32.8 Å². The summed E-state index contributed by atoms with van der Waals surface area (Å²) in [5, 5.41) is 11.3. The van der Waals surface area contributed by atoms with Crippen LogP contribution in [-0.2, 0) is 20.8 Å². The summed E-state index contributed by atoms with van der Waals surface area (Å²) < 4.78 is 36.8. The molecule has 0 bridgehead atoms. The van der Waals surface area contributed by atoms with Crippen LogP contribution in [0.5, 0.6) is 0 Å². The zero-order chi connectivity index (χ0) is 25.4. The molecule has 2 heterocycles. The minimum absolute atomic E-state index is 0.160. The molecule has 1 aliphatic heterocycles. The van der Waals surface area contributed by atoms with Gasteiger partial charge in [-0.2, -0.15) is 0 Å². The number of aliphatic hydroxyl groups is 1. The molecule has 6 rings (SSSR count). The summed E-state index contributed by atoms with van der Waals surface area (Å²) in [6.07, 6.45) is 14.6. The van der Waals surface area contributed by atoms with E-state index in [-0.39, 0.29) is 10.8 Å². The van der Waals surface area contributed by atoms with Crippen LogP contribution < -0.4 is 0 Å². The van der Waals surface area contributed by atoms with Crippen molar-refractivity contribution in [2.45, 2.75) is 89.6 Å². The molecule has 1 saturated heterocycles. The van der Waals surface area contributed by atoms with Crippen molar-refractivity contribution < 1.29 is 22.1 Å². The molecule has 5 fully saturated rings. The molecule has 1 aromatic rings. The Morgan fingerprint density at radius 3 is 2.59 bits per heavy atom. The summed E-state index contributed by atoms with van der Waals surface area (Å²) in [4.78, 5) is 4.25. The minimum Gasteiger partial charge on any atom is -0.387 e. The first-order valence-corrected chi connectivity index (χ1v) is 13.6. The number of hydrogen-bond acceptors (Lipinski definition) is 5. The molecular formula is C28H44N2O4. The van der Waals surface area contributed by atoms with Crippen molar-refractivity contribution in [3.8, 4) is 0 Å². The van der Waals surface area contributed by atoms with E-state index in [0.717, 1.165) is 19.3 Å². The number of nitrogens with zero attached hydrogens (tertiary/aromatic N) is 2. The van der Waals surface area contributed by atoms with Gasteiger partial charge in [0.1, 0.15) is 0 Å². The number of imidazole rings is 1. The van der Waals surface area contributed by atoms with Crippen LogP contribution in [0.4, 0.5) is 0 Å². The third-order valence-electron chi connectivity index (χ3n) is 11.3. The number of rotatable bonds is 5. The average molecular weight is 475 g/mol. The van der Waals surface area contributed by atoms with E-state index in [4.69, 9.17) is 17.0 Å². The van der Waals surface area contributed by atoms with Gasteiger partial charge in [-0.05, 0) is 92.3 Å². The first-order valence-electron chi connectivity index (χ1n) is 14.6. The van der Waals surface area contributed by atoms with E-state index < -0.39 is 17.9 Å². The lowest BCUT2D eigenvalue weighted by Crippen LogP contribution is -2.58. The van der Waals surface area contributed by atoms with Crippen LogP contribution in [-0.4, -0.2) is 52.9 Å². The van der Waals surface area contributed by atoms with Crippen molar-refractivity contribution in [1.29, 1.82) is 0 Å². The second kappa shape index (κ2) is 8.29. The SMILES string of the molecule is [2H]C([2H])(OC)[C@@]1(O)CC[C@@]2(C)[C@@H](CC[C@@H]3[C@@H]2CC[C@]2(C)[C@@H](C4(Cn5ccnc5)OCCO4)CC[C@@H]32)C1. The maximum absolute atomic E-state index is 11.3. The van der Waals surface area contributed by atoms with Gasteiger partial charge in [0.15, 0.2) is 5.79 Å². The van der Waals surface area contributed by atoms with E-state index in [2.05, 4.69) is 23.4 Å². The molecule has 6 nitrogen and oxygen atoms in total. The van der Waals surface area contributed by atoms with Gasteiger partial charge in [-0.1, -0.05) is 13.8 Å². The molecule has 4 aliphatic carbocycles. The number of fused-ring (bicyclic) bond motifs is 5. The van der Waals surface area contributed by atoms with Crippen LogP contribution in [0.25, 0.3) is 0 Å². The Balaban J connectivity index is 1.24. The van der Waals surface area contributed by atoms with Gasteiger partial charge >= 0.3 is 0 Å². The highest BCUT2D eigenvalue weighted by molar-refractivity contribution is 5.12. The summed E-state index contributed by atoms with van der Waals surface area (Å²) in [6, 6.07) is 0. The molecule has 4 saturated carbocycles. The lowest BCUT2D eigenvalue weighted by Gasteiger charge is -2.62.